The molecule has 0 amide bonds. The average Bonchev–Trinajstić information content (AvgIpc) is 2.89. The minimum atomic E-state index is -3.57. The molecule has 1 heterocycles. The summed E-state index contributed by atoms with van der Waals surface area (Å²) in [5, 5.41) is 0. The molecule has 1 saturated heterocycles. The van der Waals surface area contributed by atoms with E-state index in [9.17, 15) is 8.96 Å². The molecule has 84 valence electrons. The predicted octanol–water partition coefficient (Wildman–Crippen LogP) is 2.34. The molecule has 1 aliphatic heterocycles. The number of epoxide rings is 1. The van der Waals surface area contributed by atoms with Crippen LogP contribution in [-0.4, -0.2) is 31.8 Å². The number of ether oxygens (including phenoxy) is 1. The molecule has 14 heavy (non-hydrogen) atoms. The van der Waals surface area contributed by atoms with Gasteiger partial charge in [0.25, 0.3) is 0 Å². The molecular formula is C8H16FO4P. The minimum absolute atomic E-state index is 0.0945. The zero-order valence-electron chi connectivity index (χ0n) is 8.44. The first-order chi connectivity index (χ1) is 6.62. The maximum atomic E-state index is 13.5. The van der Waals surface area contributed by atoms with Crippen LogP contribution in [0.25, 0.3) is 0 Å². The van der Waals surface area contributed by atoms with Crippen molar-refractivity contribution >= 4 is 7.60 Å². The summed E-state index contributed by atoms with van der Waals surface area (Å²) in [7, 11) is -3.57. The average molecular weight is 226 g/mol. The van der Waals surface area contributed by atoms with Crippen molar-refractivity contribution in [2.45, 2.75) is 32.3 Å². The quantitative estimate of drug-likeness (QED) is 0.493. The van der Waals surface area contributed by atoms with Gasteiger partial charge in [-0.3, -0.25) is 4.57 Å². The van der Waals surface area contributed by atoms with E-state index in [-0.39, 0.29) is 25.7 Å². The molecule has 0 aromatic heterocycles. The molecule has 0 aliphatic carbocycles. The summed E-state index contributed by atoms with van der Waals surface area (Å²) in [6, 6.07) is 0. The van der Waals surface area contributed by atoms with Gasteiger partial charge in [0.2, 0.25) is 5.91 Å². The standard InChI is InChI=1S/C8H16FO4P/c1-3-12-14(10,13-4-2)8(9)5-7-6-11-7/h7-8H,3-6H2,1-2H3/t7-,8?/m1/s1. The highest BCUT2D eigenvalue weighted by molar-refractivity contribution is 7.54. The molecule has 0 bridgehead atoms. The molecular weight excluding hydrogens is 210 g/mol. The van der Waals surface area contributed by atoms with Crippen LogP contribution >= 0.6 is 7.60 Å². The number of alkyl halides is 1. The number of rotatable bonds is 7. The van der Waals surface area contributed by atoms with Gasteiger partial charge >= 0.3 is 7.60 Å². The Labute approximate surface area is 83.3 Å². The number of hydrogen-bond donors (Lipinski definition) is 0. The summed E-state index contributed by atoms with van der Waals surface area (Å²) in [4.78, 5) is 0. The lowest BCUT2D eigenvalue weighted by Gasteiger charge is -2.19. The Kier molecular flexibility index (Phi) is 4.51. The van der Waals surface area contributed by atoms with Gasteiger partial charge in [-0.2, -0.15) is 0 Å². The molecule has 6 heteroatoms. The van der Waals surface area contributed by atoms with Gasteiger partial charge in [-0.05, 0) is 13.8 Å². The van der Waals surface area contributed by atoms with E-state index >= 15 is 0 Å². The second-order valence-electron chi connectivity index (χ2n) is 3.00. The first kappa shape index (κ1) is 12.1. The molecule has 2 atom stereocenters. The van der Waals surface area contributed by atoms with E-state index in [2.05, 4.69) is 0 Å². The normalized spacial score (nSPS) is 23.5. The Morgan fingerprint density at radius 3 is 2.36 bits per heavy atom. The van der Waals surface area contributed by atoms with E-state index in [0.29, 0.717) is 6.61 Å². The second kappa shape index (κ2) is 5.21. The molecule has 0 aromatic rings. The third kappa shape index (κ3) is 3.31. The summed E-state index contributed by atoms with van der Waals surface area (Å²) < 4.78 is 39.9. The minimum Gasteiger partial charge on any atom is -0.373 e. The molecule has 0 saturated carbocycles. The molecule has 0 spiro atoms. The Morgan fingerprint density at radius 1 is 1.50 bits per heavy atom. The highest BCUT2D eigenvalue weighted by Crippen LogP contribution is 2.55. The zero-order valence-corrected chi connectivity index (χ0v) is 9.34. The van der Waals surface area contributed by atoms with Crippen LogP contribution in [0.15, 0.2) is 0 Å². The van der Waals surface area contributed by atoms with Crippen molar-refractivity contribution in [1.29, 1.82) is 0 Å². The third-order valence-electron chi connectivity index (χ3n) is 1.82. The second-order valence-corrected chi connectivity index (χ2v) is 5.16. The summed E-state index contributed by atoms with van der Waals surface area (Å²) in [6.45, 7) is 4.23. The van der Waals surface area contributed by atoms with E-state index in [4.69, 9.17) is 13.8 Å². The van der Waals surface area contributed by atoms with Gasteiger partial charge in [0.15, 0.2) is 0 Å². The van der Waals surface area contributed by atoms with E-state index in [0.717, 1.165) is 0 Å². The van der Waals surface area contributed by atoms with Crippen molar-refractivity contribution in [2.75, 3.05) is 19.8 Å². The van der Waals surface area contributed by atoms with Crippen LogP contribution in [0, 0.1) is 0 Å². The maximum Gasteiger partial charge on any atom is 0.364 e. The highest BCUT2D eigenvalue weighted by atomic mass is 31.2. The van der Waals surface area contributed by atoms with Gasteiger partial charge in [-0.15, -0.1) is 0 Å². The van der Waals surface area contributed by atoms with E-state index in [1.807, 2.05) is 0 Å². The zero-order chi connectivity index (χ0) is 10.6. The first-order valence-electron chi connectivity index (χ1n) is 4.76. The molecule has 1 rings (SSSR count). The van der Waals surface area contributed by atoms with Crippen molar-refractivity contribution in [3.8, 4) is 0 Å². The molecule has 0 radical (unpaired) electrons. The smallest absolute Gasteiger partial charge is 0.364 e. The Bertz CT molecular complexity index is 209. The van der Waals surface area contributed by atoms with Crippen molar-refractivity contribution in [2.24, 2.45) is 0 Å². The summed E-state index contributed by atoms with van der Waals surface area (Å²) in [5.74, 6) is -1.57. The van der Waals surface area contributed by atoms with Crippen LogP contribution in [0.1, 0.15) is 20.3 Å². The molecule has 1 unspecified atom stereocenters. The van der Waals surface area contributed by atoms with Gasteiger partial charge in [-0.1, -0.05) is 0 Å². The van der Waals surface area contributed by atoms with Crippen LogP contribution < -0.4 is 0 Å². The lowest BCUT2D eigenvalue weighted by Crippen LogP contribution is -2.11. The number of hydrogen-bond acceptors (Lipinski definition) is 4. The van der Waals surface area contributed by atoms with Gasteiger partial charge < -0.3 is 13.8 Å². The van der Waals surface area contributed by atoms with Crippen molar-refractivity contribution in [3.63, 3.8) is 0 Å². The monoisotopic (exact) mass is 226 g/mol. The largest absolute Gasteiger partial charge is 0.373 e. The Morgan fingerprint density at radius 2 is 2.00 bits per heavy atom. The van der Waals surface area contributed by atoms with E-state index in [1.165, 1.54) is 0 Å². The van der Waals surface area contributed by atoms with Crippen molar-refractivity contribution in [3.05, 3.63) is 0 Å². The molecule has 0 aromatic carbocycles. The molecule has 1 aliphatic rings. The topological polar surface area (TPSA) is 48.1 Å². The van der Waals surface area contributed by atoms with Crippen LogP contribution in [0.4, 0.5) is 4.39 Å². The third-order valence-corrected chi connectivity index (χ3v) is 3.95. The van der Waals surface area contributed by atoms with Crippen LogP contribution in [0.3, 0.4) is 0 Å². The van der Waals surface area contributed by atoms with Gasteiger partial charge in [0, 0.05) is 6.42 Å². The van der Waals surface area contributed by atoms with Gasteiger partial charge in [0.05, 0.1) is 25.9 Å². The summed E-state index contributed by atoms with van der Waals surface area (Å²) >= 11 is 0. The van der Waals surface area contributed by atoms with Crippen LogP contribution in [0.5, 0.6) is 0 Å². The fraction of sp³-hybridized carbons (Fsp3) is 1.00. The molecule has 0 N–H and O–H groups in total. The highest BCUT2D eigenvalue weighted by Gasteiger charge is 2.40. The van der Waals surface area contributed by atoms with Crippen LogP contribution in [-0.2, 0) is 18.3 Å². The fourth-order valence-electron chi connectivity index (χ4n) is 1.11. The van der Waals surface area contributed by atoms with Gasteiger partial charge in [0.1, 0.15) is 0 Å². The molecule has 4 nitrogen and oxygen atoms in total. The SMILES string of the molecule is CCOP(=O)(OCC)C(F)C[C@@H]1CO1. The predicted molar refractivity (Wildman–Crippen MR) is 50.1 cm³/mol. The Balaban J connectivity index is 2.49. The van der Waals surface area contributed by atoms with Gasteiger partial charge in [-0.25, -0.2) is 4.39 Å². The lowest BCUT2D eigenvalue weighted by molar-refractivity contribution is 0.182. The van der Waals surface area contributed by atoms with E-state index < -0.39 is 13.5 Å². The lowest BCUT2D eigenvalue weighted by atomic mass is 10.4. The first-order valence-corrected chi connectivity index (χ1v) is 6.38. The fourth-order valence-corrected chi connectivity index (χ4v) is 2.72. The van der Waals surface area contributed by atoms with Crippen molar-refractivity contribution in [1.82, 2.24) is 0 Å². The summed E-state index contributed by atoms with van der Waals surface area (Å²) in [6.07, 6.45) is -0.0173. The van der Waals surface area contributed by atoms with Crippen molar-refractivity contribution < 1.29 is 22.7 Å². The van der Waals surface area contributed by atoms with Crippen LogP contribution in [0.2, 0.25) is 0 Å². The maximum absolute atomic E-state index is 13.5. The summed E-state index contributed by atoms with van der Waals surface area (Å²) in [5.41, 5.74) is 0. The number of halogens is 1. The molecule has 1 fully saturated rings. The Hall–Kier alpha value is 0.0400. The van der Waals surface area contributed by atoms with E-state index in [1.54, 1.807) is 13.8 Å².